The van der Waals surface area contributed by atoms with Crippen LogP contribution in [-0.2, 0) is 11.2 Å². The van der Waals surface area contributed by atoms with Crippen molar-refractivity contribution in [3.05, 3.63) is 23.5 Å². The van der Waals surface area contributed by atoms with Crippen LogP contribution in [0.5, 0.6) is 0 Å². The van der Waals surface area contributed by atoms with Gasteiger partial charge < -0.3 is 10.1 Å². The molecule has 0 bridgehead atoms. The molecule has 5 heteroatoms. The van der Waals surface area contributed by atoms with Crippen LogP contribution in [0.25, 0.3) is 4.96 Å². The lowest BCUT2D eigenvalue weighted by molar-refractivity contribution is 0.186. The molecule has 0 aliphatic heterocycles. The Kier molecular flexibility index (Phi) is 3.52. The van der Waals surface area contributed by atoms with Gasteiger partial charge in [-0.05, 0) is 42.9 Å². The maximum Gasteiger partial charge on any atom is 0.193 e. The average Bonchev–Trinajstić information content (AvgIpc) is 2.81. The van der Waals surface area contributed by atoms with E-state index in [1.807, 2.05) is 0 Å². The zero-order valence-corrected chi connectivity index (χ0v) is 13.4. The minimum Gasteiger partial charge on any atom is -0.383 e. The van der Waals surface area contributed by atoms with E-state index in [4.69, 9.17) is 9.72 Å². The van der Waals surface area contributed by atoms with Crippen molar-refractivity contribution >= 4 is 16.3 Å². The number of ether oxygens (including phenoxy) is 1. The van der Waals surface area contributed by atoms with Gasteiger partial charge in [-0.25, -0.2) is 4.98 Å². The Bertz CT molecular complexity index is 581. The predicted molar refractivity (Wildman–Crippen MR) is 84.8 cm³/mol. The summed E-state index contributed by atoms with van der Waals surface area (Å²) >= 11 is 1.72. The van der Waals surface area contributed by atoms with E-state index >= 15 is 0 Å². The van der Waals surface area contributed by atoms with Gasteiger partial charge >= 0.3 is 0 Å². The monoisotopic (exact) mass is 305 g/mol. The van der Waals surface area contributed by atoms with Crippen LogP contribution >= 0.6 is 11.3 Å². The Balaban J connectivity index is 1.46. The first-order valence-corrected chi connectivity index (χ1v) is 8.77. The standard InChI is InChI=1S/C16H23N3OS/c1-20-4-2-17-11-16(7-12-6-13(12)8-16)9-14-10-19-3-5-21-15(19)18-14/h3,5,10,12-13,17H,2,4,6-9,11H2,1H3. The Morgan fingerprint density at radius 3 is 3.10 bits per heavy atom. The molecule has 4 rings (SSSR count). The Labute approximate surface area is 129 Å². The van der Waals surface area contributed by atoms with Gasteiger partial charge in [-0.1, -0.05) is 0 Å². The molecule has 2 heterocycles. The Hall–Kier alpha value is -0.910. The van der Waals surface area contributed by atoms with Crippen molar-refractivity contribution in [2.24, 2.45) is 17.3 Å². The van der Waals surface area contributed by atoms with E-state index in [-0.39, 0.29) is 0 Å². The van der Waals surface area contributed by atoms with E-state index in [0.29, 0.717) is 5.41 Å². The van der Waals surface area contributed by atoms with Gasteiger partial charge in [0.1, 0.15) is 0 Å². The number of imidazole rings is 1. The second kappa shape index (κ2) is 5.38. The second-order valence-corrected chi connectivity index (χ2v) is 7.71. The van der Waals surface area contributed by atoms with Crippen LogP contribution in [0.1, 0.15) is 25.0 Å². The molecule has 21 heavy (non-hydrogen) atoms. The van der Waals surface area contributed by atoms with Gasteiger partial charge in [0.15, 0.2) is 4.96 Å². The van der Waals surface area contributed by atoms with Crippen molar-refractivity contribution in [3.63, 3.8) is 0 Å². The zero-order chi connectivity index (χ0) is 14.3. The summed E-state index contributed by atoms with van der Waals surface area (Å²) in [6.45, 7) is 2.85. The number of rotatable bonds is 7. The predicted octanol–water partition coefficient (Wildman–Crippen LogP) is 2.59. The van der Waals surface area contributed by atoms with Gasteiger partial charge in [-0.2, -0.15) is 0 Å². The van der Waals surface area contributed by atoms with Crippen molar-refractivity contribution in [2.75, 3.05) is 26.8 Å². The smallest absolute Gasteiger partial charge is 0.193 e. The molecule has 2 aliphatic rings. The van der Waals surface area contributed by atoms with E-state index < -0.39 is 0 Å². The van der Waals surface area contributed by atoms with E-state index in [2.05, 4.69) is 27.5 Å². The van der Waals surface area contributed by atoms with Gasteiger partial charge in [0.05, 0.1) is 12.3 Å². The third kappa shape index (κ3) is 2.74. The first kappa shape index (κ1) is 13.7. The molecule has 0 radical (unpaired) electrons. The summed E-state index contributed by atoms with van der Waals surface area (Å²) in [4.78, 5) is 5.92. The lowest BCUT2D eigenvalue weighted by Gasteiger charge is -2.30. The van der Waals surface area contributed by atoms with E-state index in [0.717, 1.165) is 42.9 Å². The van der Waals surface area contributed by atoms with E-state index in [9.17, 15) is 0 Å². The van der Waals surface area contributed by atoms with Gasteiger partial charge in [-0.3, -0.25) is 4.40 Å². The number of aromatic nitrogens is 2. The summed E-state index contributed by atoms with van der Waals surface area (Å²) in [7, 11) is 1.76. The highest BCUT2D eigenvalue weighted by Gasteiger charge is 2.53. The van der Waals surface area contributed by atoms with Crippen molar-refractivity contribution < 1.29 is 4.74 Å². The van der Waals surface area contributed by atoms with Gasteiger partial charge in [-0.15, -0.1) is 11.3 Å². The molecule has 2 aromatic rings. The van der Waals surface area contributed by atoms with Crippen molar-refractivity contribution in [2.45, 2.75) is 25.7 Å². The highest BCUT2D eigenvalue weighted by atomic mass is 32.1. The third-order valence-electron chi connectivity index (χ3n) is 5.14. The highest BCUT2D eigenvalue weighted by Crippen LogP contribution is 2.60. The van der Waals surface area contributed by atoms with Gasteiger partial charge in [0, 0.05) is 38.0 Å². The van der Waals surface area contributed by atoms with Crippen LogP contribution < -0.4 is 5.32 Å². The van der Waals surface area contributed by atoms with Crippen LogP contribution in [0.15, 0.2) is 17.8 Å². The van der Waals surface area contributed by atoms with Gasteiger partial charge in [0.25, 0.3) is 0 Å². The highest BCUT2D eigenvalue weighted by molar-refractivity contribution is 7.15. The molecular weight excluding hydrogens is 282 g/mol. The van der Waals surface area contributed by atoms with Crippen molar-refractivity contribution in [1.29, 1.82) is 0 Å². The molecule has 114 valence electrons. The fourth-order valence-electron chi connectivity index (χ4n) is 4.13. The summed E-state index contributed by atoms with van der Waals surface area (Å²) in [5.74, 6) is 2.00. The van der Waals surface area contributed by atoms with Crippen LogP contribution in [0.3, 0.4) is 0 Å². The number of thiazole rings is 1. The first-order valence-electron chi connectivity index (χ1n) is 7.89. The molecule has 0 saturated heterocycles. The fourth-order valence-corrected chi connectivity index (χ4v) is 4.85. The number of hydrogen-bond acceptors (Lipinski definition) is 4. The molecule has 2 fully saturated rings. The minimum atomic E-state index is 0.422. The van der Waals surface area contributed by atoms with Crippen LogP contribution in [0.2, 0.25) is 0 Å². The normalized spacial score (nSPS) is 30.9. The van der Waals surface area contributed by atoms with Crippen LogP contribution in [-0.4, -0.2) is 36.2 Å². The fraction of sp³-hybridized carbons (Fsp3) is 0.688. The summed E-state index contributed by atoms with van der Waals surface area (Å²) in [5.41, 5.74) is 1.68. The molecule has 2 unspecified atom stereocenters. The van der Waals surface area contributed by atoms with Crippen molar-refractivity contribution in [1.82, 2.24) is 14.7 Å². The van der Waals surface area contributed by atoms with Gasteiger partial charge in [0.2, 0.25) is 0 Å². The molecule has 2 atom stereocenters. The number of hydrogen-bond donors (Lipinski definition) is 1. The molecular formula is C16H23N3OS. The van der Waals surface area contributed by atoms with Crippen molar-refractivity contribution in [3.8, 4) is 0 Å². The van der Waals surface area contributed by atoms with E-state index in [1.54, 1.807) is 18.4 Å². The average molecular weight is 305 g/mol. The molecule has 1 N–H and O–H groups in total. The quantitative estimate of drug-likeness (QED) is 0.799. The summed E-state index contributed by atoms with van der Waals surface area (Å²) in [6.07, 6.45) is 9.66. The number of methoxy groups -OCH3 is 1. The Morgan fingerprint density at radius 2 is 2.33 bits per heavy atom. The molecule has 0 spiro atoms. The lowest BCUT2D eigenvalue weighted by Crippen LogP contribution is -2.36. The first-order chi connectivity index (χ1) is 10.3. The summed E-state index contributed by atoms with van der Waals surface area (Å²) in [5, 5.41) is 5.70. The topological polar surface area (TPSA) is 38.6 Å². The number of nitrogens with one attached hydrogen (secondary N) is 1. The van der Waals surface area contributed by atoms with Crippen LogP contribution in [0, 0.1) is 17.3 Å². The molecule has 0 amide bonds. The second-order valence-electron chi connectivity index (χ2n) is 6.84. The Morgan fingerprint density at radius 1 is 1.48 bits per heavy atom. The molecule has 4 nitrogen and oxygen atoms in total. The largest absolute Gasteiger partial charge is 0.383 e. The molecule has 0 aromatic carbocycles. The maximum absolute atomic E-state index is 5.14. The zero-order valence-electron chi connectivity index (χ0n) is 12.5. The van der Waals surface area contributed by atoms with Crippen LogP contribution in [0.4, 0.5) is 0 Å². The molecule has 2 aliphatic carbocycles. The maximum atomic E-state index is 5.14. The number of fused-ring (bicyclic) bond motifs is 2. The summed E-state index contributed by atoms with van der Waals surface area (Å²) < 4.78 is 7.29. The summed E-state index contributed by atoms with van der Waals surface area (Å²) in [6, 6.07) is 0. The SMILES string of the molecule is COCCNCC1(Cc2cn3ccsc3n2)CC2CC2C1. The minimum absolute atomic E-state index is 0.422. The third-order valence-corrected chi connectivity index (χ3v) is 5.91. The lowest BCUT2D eigenvalue weighted by atomic mass is 9.78. The molecule has 2 aromatic heterocycles. The molecule has 2 saturated carbocycles. The number of nitrogens with zero attached hydrogens (tertiary/aromatic N) is 2. The van der Waals surface area contributed by atoms with E-state index in [1.165, 1.54) is 25.0 Å².